The van der Waals surface area contributed by atoms with Crippen molar-refractivity contribution in [2.45, 2.75) is 12.5 Å². The standard InChI is InChI=1S/C25H24FN3O2/c1-31-20-6-4-5-17(13-20)14-28-25(30)29-15-22(18-9-11-19(26)12-10-18)23-16-27-24-8-3-2-7-21(23)24/h2-13,16,22,27H,14-15H2,1H3,(H2,28,29,30). The fourth-order valence-electron chi connectivity index (χ4n) is 3.71. The highest BCUT2D eigenvalue weighted by molar-refractivity contribution is 5.84. The van der Waals surface area contributed by atoms with Gasteiger partial charge in [-0.1, -0.05) is 42.5 Å². The first-order chi connectivity index (χ1) is 15.1. The van der Waals surface area contributed by atoms with Gasteiger partial charge in [-0.2, -0.15) is 0 Å². The summed E-state index contributed by atoms with van der Waals surface area (Å²) < 4.78 is 18.7. The van der Waals surface area contributed by atoms with Gasteiger partial charge in [-0.15, -0.1) is 0 Å². The number of fused-ring (bicyclic) bond motifs is 1. The van der Waals surface area contributed by atoms with Crippen LogP contribution in [-0.2, 0) is 6.54 Å². The molecule has 0 spiro atoms. The number of aromatic amines is 1. The highest BCUT2D eigenvalue weighted by Gasteiger charge is 2.19. The van der Waals surface area contributed by atoms with Gasteiger partial charge in [-0.3, -0.25) is 0 Å². The third-order valence-corrected chi connectivity index (χ3v) is 5.32. The highest BCUT2D eigenvalue weighted by atomic mass is 19.1. The van der Waals surface area contributed by atoms with Gasteiger partial charge < -0.3 is 20.4 Å². The van der Waals surface area contributed by atoms with Gasteiger partial charge >= 0.3 is 6.03 Å². The number of halogens is 1. The van der Waals surface area contributed by atoms with Gasteiger partial charge in [0.05, 0.1) is 7.11 Å². The van der Waals surface area contributed by atoms with E-state index in [1.807, 2.05) is 54.7 Å². The molecule has 5 nitrogen and oxygen atoms in total. The van der Waals surface area contributed by atoms with Crippen molar-refractivity contribution in [3.63, 3.8) is 0 Å². The summed E-state index contributed by atoms with van der Waals surface area (Å²) in [6.07, 6.45) is 1.95. The third-order valence-electron chi connectivity index (χ3n) is 5.32. The molecule has 0 saturated heterocycles. The van der Waals surface area contributed by atoms with Crippen LogP contribution in [0, 0.1) is 5.82 Å². The van der Waals surface area contributed by atoms with Crippen molar-refractivity contribution >= 4 is 16.9 Å². The van der Waals surface area contributed by atoms with Crippen LogP contribution in [0.25, 0.3) is 10.9 Å². The highest BCUT2D eigenvalue weighted by Crippen LogP contribution is 2.30. The quantitative estimate of drug-likeness (QED) is 0.398. The monoisotopic (exact) mass is 417 g/mol. The molecule has 0 fully saturated rings. The molecule has 1 heterocycles. The summed E-state index contributed by atoms with van der Waals surface area (Å²) in [5, 5.41) is 6.91. The molecule has 1 unspecified atom stereocenters. The van der Waals surface area contributed by atoms with E-state index in [0.717, 1.165) is 33.3 Å². The smallest absolute Gasteiger partial charge is 0.315 e. The van der Waals surface area contributed by atoms with Crippen molar-refractivity contribution in [3.05, 3.63) is 102 Å². The van der Waals surface area contributed by atoms with Crippen molar-refractivity contribution < 1.29 is 13.9 Å². The molecule has 3 aromatic carbocycles. The number of amides is 2. The van der Waals surface area contributed by atoms with Crippen LogP contribution in [0.15, 0.2) is 79.0 Å². The molecule has 6 heteroatoms. The topological polar surface area (TPSA) is 66.2 Å². The number of aromatic nitrogens is 1. The number of carbonyl (C=O) groups excluding carboxylic acids is 1. The summed E-state index contributed by atoms with van der Waals surface area (Å²) in [6.45, 7) is 0.759. The van der Waals surface area contributed by atoms with Crippen LogP contribution < -0.4 is 15.4 Å². The lowest BCUT2D eigenvalue weighted by Gasteiger charge is -2.18. The summed E-state index contributed by atoms with van der Waals surface area (Å²) in [5.74, 6) is 0.333. The molecule has 4 rings (SSSR count). The summed E-state index contributed by atoms with van der Waals surface area (Å²) in [7, 11) is 1.61. The zero-order chi connectivity index (χ0) is 21.6. The molecule has 31 heavy (non-hydrogen) atoms. The molecular formula is C25H24FN3O2. The number of hydrogen-bond acceptors (Lipinski definition) is 2. The Kier molecular flexibility index (Phi) is 6.17. The Morgan fingerprint density at radius 2 is 1.84 bits per heavy atom. The minimum absolute atomic E-state index is 0.126. The van der Waals surface area contributed by atoms with E-state index >= 15 is 0 Å². The maximum Gasteiger partial charge on any atom is 0.315 e. The zero-order valence-corrected chi connectivity index (χ0v) is 17.2. The Labute approximate surface area is 180 Å². The molecular weight excluding hydrogens is 393 g/mol. The number of para-hydroxylation sites is 1. The van der Waals surface area contributed by atoms with Crippen LogP contribution in [0.5, 0.6) is 5.75 Å². The van der Waals surface area contributed by atoms with Gasteiger partial charge in [-0.25, -0.2) is 9.18 Å². The van der Waals surface area contributed by atoms with Crippen LogP contribution in [0.3, 0.4) is 0 Å². The number of nitrogens with one attached hydrogen (secondary N) is 3. The van der Waals surface area contributed by atoms with Crippen molar-refractivity contribution in [1.82, 2.24) is 15.6 Å². The van der Waals surface area contributed by atoms with Crippen LogP contribution in [0.1, 0.15) is 22.6 Å². The van der Waals surface area contributed by atoms with Crippen molar-refractivity contribution in [2.75, 3.05) is 13.7 Å². The van der Waals surface area contributed by atoms with Crippen molar-refractivity contribution in [1.29, 1.82) is 0 Å². The Morgan fingerprint density at radius 1 is 1.03 bits per heavy atom. The molecule has 4 aromatic rings. The summed E-state index contributed by atoms with van der Waals surface area (Å²) in [6, 6.07) is 21.7. The number of rotatable bonds is 7. The molecule has 0 radical (unpaired) electrons. The molecule has 158 valence electrons. The number of benzene rings is 3. The minimum atomic E-state index is -0.287. The number of hydrogen-bond donors (Lipinski definition) is 3. The number of carbonyl (C=O) groups is 1. The first kappa shape index (κ1) is 20.5. The molecule has 0 aliphatic rings. The maximum atomic E-state index is 13.5. The van der Waals surface area contributed by atoms with E-state index < -0.39 is 0 Å². The molecule has 2 amide bonds. The van der Waals surface area contributed by atoms with Gasteiger partial charge in [-0.05, 0) is 47.0 Å². The fraction of sp³-hybridized carbons (Fsp3) is 0.160. The molecule has 0 aliphatic carbocycles. The van der Waals surface area contributed by atoms with Gasteiger partial charge in [0.1, 0.15) is 11.6 Å². The van der Waals surface area contributed by atoms with E-state index in [1.54, 1.807) is 19.2 Å². The van der Waals surface area contributed by atoms with Gasteiger partial charge in [0, 0.05) is 36.1 Å². The lowest BCUT2D eigenvalue weighted by atomic mass is 9.91. The lowest BCUT2D eigenvalue weighted by molar-refractivity contribution is 0.240. The Hall–Kier alpha value is -3.80. The van der Waals surface area contributed by atoms with Crippen LogP contribution in [0.2, 0.25) is 0 Å². The van der Waals surface area contributed by atoms with E-state index in [2.05, 4.69) is 15.6 Å². The number of methoxy groups -OCH3 is 1. The minimum Gasteiger partial charge on any atom is -0.497 e. The second-order valence-electron chi connectivity index (χ2n) is 7.31. The molecule has 0 saturated carbocycles. The summed E-state index contributed by atoms with van der Waals surface area (Å²) in [4.78, 5) is 15.8. The van der Waals surface area contributed by atoms with Gasteiger partial charge in [0.25, 0.3) is 0 Å². The number of urea groups is 1. The average Bonchev–Trinajstić information content (AvgIpc) is 3.23. The first-order valence-corrected chi connectivity index (χ1v) is 10.1. The fourth-order valence-corrected chi connectivity index (χ4v) is 3.71. The largest absolute Gasteiger partial charge is 0.497 e. The van der Waals surface area contributed by atoms with E-state index in [4.69, 9.17) is 4.74 Å². The Balaban J connectivity index is 1.48. The predicted octanol–water partition coefficient (Wildman–Crippen LogP) is 4.95. The third kappa shape index (κ3) is 4.86. The van der Waals surface area contributed by atoms with Crippen LogP contribution in [0.4, 0.5) is 9.18 Å². The summed E-state index contributed by atoms with van der Waals surface area (Å²) in [5.41, 5.74) is 3.95. The number of ether oxygens (including phenoxy) is 1. The van der Waals surface area contributed by atoms with E-state index in [-0.39, 0.29) is 17.8 Å². The maximum absolute atomic E-state index is 13.5. The average molecular weight is 417 g/mol. The zero-order valence-electron chi connectivity index (χ0n) is 17.2. The Bertz CT molecular complexity index is 1170. The van der Waals surface area contributed by atoms with Crippen LogP contribution in [-0.4, -0.2) is 24.7 Å². The van der Waals surface area contributed by atoms with Crippen molar-refractivity contribution in [3.8, 4) is 5.75 Å². The number of H-pyrrole nitrogens is 1. The SMILES string of the molecule is COc1cccc(CNC(=O)NCC(c2ccc(F)cc2)c2c[nH]c3ccccc23)c1. The van der Waals surface area contributed by atoms with E-state index in [9.17, 15) is 9.18 Å². The molecule has 3 N–H and O–H groups in total. The van der Waals surface area contributed by atoms with E-state index in [1.165, 1.54) is 12.1 Å². The second kappa shape index (κ2) is 9.34. The summed E-state index contributed by atoms with van der Waals surface area (Å²) >= 11 is 0. The molecule has 0 aliphatic heterocycles. The van der Waals surface area contributed by atoms with Gasteiger partial charge in [0.15, 0.2) is 0 Å². The Morgan fingerprint density at radius 3 is 2.65 bits per heavy atom. The van der Waals surface area contributed by atoms with E-state index in [0.29, 0.717) is 13.1 Å². The molecule has 1 atom stereocenters. The normalized spacial score (nSPS) is 11.8. The molecule has 0 bridgehead atoms. The van der Waals surface area contributed by atoms with Crippen molar-refractivity contribution in [2.24, 2.45) is 0 Å². The predicted molar refractivity (Wildman–Crippen MR) is 120 cm³/mol. The molecule has 1 aromatic heterocycles. The van der Waals surface area contributed by atoms with Crippen LogP contribution >= 0.6 is 0 Å². The second-order valence-corrected chi connectivity index (χ2v) is 7.31. The lowest BCUT2D eigenvalue weighted by Crippen LogP contribution is -2.37. The van der Waals surface area contributed by atoms with Gasteiger partial charge in [0.2, 0.25) is 0 Å². The first-order valence-electron chi connectivity index (χ1n) is 10.1.